The average molecular weight is 478 g/mol. The lowest BCUT2D eigenvalue weighted by atomic mass is 9.93. The third kappa shape index (κ3) is 4.48. The number of rotatable bonds is 3. The van der Waals surface area contributed by atoms with Gasteiger partial charge in [0, 0.05) is 43.7 Å². The molecule has 0 fully saturated rings. The molecule has 2 aromatic rings. The van der Waals surface area contributed by atoms with Crippen LogP contribution in [0.25, 0.3) is 0 Å². The number of hydrogen-bond donors (Lipinski definition) is 2. The fraction of sp³-hybridized carbons (Fsp3) is 0.381. The number of anilines is 1. The Kier molecular flexibility index (Phi) is 6.46. The van der Waals surface area contributed by atoms with Crippen molar-refractivity contribution < 1.29 is 4.74 Å². The summed E-state index contributed by atoms with van der Waals surface area (Å²) in [4.78, 5) is 6.95. The zero-order valence-electron chi connectivity index (χ0n) is 15.6. The Labute approximate surface area is 178 Å². The molecule has 0 saturated carbocycles. The lowest BCUT2D eigenvalue weighted by Crippen LogP contribution is -2.39. The van der Waals surface area contributed by atoms with Crippen molar-refractivity contribution in [3.63, 3.8) is 0 Å². The van der Waals surface area contributed by atoms with Gasteiger partial charge < -0.3 is 20.7 Å². The highest BCUT2D eigenvalue weighted by Crippen LogP contribution is 2.31. The lowest BCUT2D eigenvalue weighted by molar-refractivity contribution is 0.262. The van der Waals surface area contributed by atoms with E-state index in [1.807, 2.05) is 18.2 Å². The van der Waals surface area contributed by atoms with Crippen molar-refractivity contribution >= 4 is 35.6 Å². The minimum atomic E-state index is 0. The van der Waals surface area contributed by atoms with Crippen LogP contribution in [0.4, 0.5) is 5.69 Å². The summed E-state index contributed by atoms with van der Waals surface area (Å²) >= 11 is 0. The van der Waals surface area contributed by atoms with Crippen molar-refractivity contribution in [3.8, 4) is 5.75 Å². The quantitative estimate of drug-likeness (QED) is 0.404. The van der Waals surface area contributed by atoms with E-state index in [9.17, 15) is 0 Å². The van der Waals surface area contributed by atoms with Gasteiger partial charge in [0.2, 0.25) is 0 Å². The van der Waals surface area contributed by atoms with Crippen molar-refractivity contribution in [2.24, 2.45) is 16.6 Å². The molecule has 6 heteroatoms. The van der Waals surface area contributed by atoms with Gasteiger partial charge in [-0.3, -0.25) is 4.99 Å². The number of ether oxygens (including phenoxy) is 1. The highest BCUT2D eigenvalue weighted by molar-refractivity contribution is 14.0. The van der Waals surface area contributed by atoms with Crippen LogP contribution in [0, 0.1) is 5.92 Å². The third-order valence-electron chi connectivity index (χ3n) is 5.24. The minimum absolute atomic E-state index is 0. The second kappa shape index (κ2) is 8.82. The summed E-state index contributed by atoms with van der Waals surface area (Å²) in [5, 5.41) is 3.38. The Morgan fingerprint density at radius 3 is 2.89 bits per heavy atom. The normalized spacial score (nSPS) is 21.4. The molecule has 2 atom stereocenters. The monoisotopic (exact) mass is 478 g/mol. The van der Waals surface area contributed by atoms with Gasteiger partial charge in [-0.25, -0.2) is 0 Å². The Morgan fingerprint density at radius 1 is 1.22 bits per heavy atom. The van der Waals surface area contributed by atoms with E-state index in [4.69, 9.17) is 10.5 Å². The standard InChI is InChI=1S/C21H26N4O.HI/c1-25-14-15(12-16-6-2-4-8-19(16)25)13-23-21(22)24-18-10-11-26-20-9-5-3-7-17(18)20;/h2-9,15,18H,10-14H2,1H3,(H3,22,23,24);1H. The maximum Gasteiger partial charge on any atom is 0.189 e. The van der Waals surface area contributed by atoms with Crippen LogP contribution in [0.5, 0.6) is 5.75 Å². The van der Waals surface area contributed by atoms with Crippen molar-refractivity contribution in [2.75, 3.05) is 31.6 Å². The van der Waals surface area contributed by atoms with Crippen LogP contribution in [-0.2, 0) is 6.42 Å². The fourth-order valence-corrected chi connectivity index (χ4v) is 3.98. The summed E-state index contributed by atoms with van der Waals surface area (Å²) in [6, 6.07) is 16.9. The van der Waals surface area contributed by atoms with Gasteiger partial charge in [-0.1, -0.05) is 36.4 Å². The first-order valence-electron chi connectivity index (χ1n) is 9.28. The number of guanidine groups is 1. The Hall–Kier alpha value is -1.96. The molecule has 3 N–H and O–H groups in total. The maximum atomic E-state index is 6.19. The number of nitrogens with zero attached hydrogens (tertiary/aromatic N) is 2. The van der Waals surface area contributed by atoms with Gasteiger partial charge in [-0.2, -0.15) is 0 Å². The molecule has 0 saturated heterocycles. The van der Waals surface area contributed by atoms with Crippen LogP contribution in [0.15, 0.2) is 53.5 Å². The number of benzene rings is 2. The molecule has 2 aromatic carbocycles. The lowest BCUT2D eigenvalue weighted by Gasteiger charge is -2.33. The Bertz CT molecular complexity index is 810. The van der Waals surface area contributed by atoms with Gasteiger partial charge in [0.25, 0.3) is 0 Å². The van der Waals surface area contributed by atoms with Crippen molar-refractivity contribution in [3.05, 3.63) is 59.7 Å². The average Bonchev–Trinajstić information content (AvgIpc) is 2.67. The molecule has 2 aliphatic heterocycles. The summed E-state index contributed by atoms with van der Waals surface area (Å²) in [5.74, 6) is 1.94. The van der Waals surface area contributed by atoms with Gasteiger partial charge in [-0.05, 0) is 24.1 Å². The number of nitrogens with one attached hydrogen (secondary N) is 1. The van der Waals surface area contributed by atoms with E-state index in [2.05, 4.69) is 52.6 Å². The summed E-state index contributed by atoms with van der Waals surface area (Å²) < 4.78 is 5.71. The molecule has 4 rings (SSSR count). The number of para-hydroxylation sites is 2. The summed E-state index contributed by atoms with van der Waals surface area (Å²) in [6.45, 7) is 2.45. The second-order valence-electron chi connectivity index (χ2n) is 7.18. The summed E-state index contributed by atoms with van der Waals surface area (Å²) in [6.07, 6.45) is 1.95. The SMILES string of the molecule is CN1CC(CN=C(N)NC2CCOc3ccccc32)Cc2ccccc21.I. The molecular formula is C21H27IN4O. The highest BCUT2D eigenvalue weighted by Gasteiger charge is 2.23. The Balaban J connectivity index is 0.00000210. The largest absolute Gasteiger partial charge is 0.493 e. The van der Waals surface area contributed by atoms with Crippen molar-refractivity contribution in [1.29, 1.82) is 0 Å². The van der Waals surface area contributed by atoms with Crippen LogP contribution in [0.1, 0.15) is 23.6 Å². The number of hydrogen-bond acceptors (Lipinski definition) is 3. The van der Waals surface area contributed by atoms with Gasteiger partial charge in [-0.15, -0.1) is 24.0 Å². The number of aliphatic imine (C=N–C) groups is 1. The van der Waals surface area contributed by atoms with Crippen LogP contribution in [0.2, 0.25) is 0 Å². The van der Waals surface area contributed by atoms with E-state index in [1.165, 1.54) is 11.3 Å². The topological polar surface area (TPSA) is 62.9 Å². The number of halogens is 1. The molecule has 144 valence electrons. The van der Waals surface area contributed by atoms with Gasteiger partial charge >= 0.3 is 0 Å². The minimum Gasteiger partial charge on any atom is -0.493 e. The predicted octanol–water partition coefficient (Wildman–Crippen LogP) is 3.34. The first-order chi connectivity index (χ1) is 12.7. The molecule has 2 heterocycles. The molecule has 5 nitrogen and oxygen atoms in total. The molecule has 0 aromatic heterocycles. The highest BCUT2D eigenvalue weighted by atomic mass is 127. The first-order valence-corrected chi connectivity index (χ1v) is 9.28. The molecule has 0 amide bonds. The molecular weight excluding hydrogens is 451 g/mol. The molecule has 2 unspecified atom stereocenters. The third-order valence-corrected chi connectivity index (χ3v) is 5.24. The van der Waals surface area contributed by atoms with E-state index >= 15 is 0 Å². The number of fused-ring (bicyclic) bond motifs is 2. The van der Waals surface area contributed by atoms with Gasteiger partial charge in [0.1, 0.15) is 5.75 Å². The second-order valence-corrected chi connectivity index (χ2v) is 7.18. The van der Waals surface area contributed by atoms with Crippen LogP contribution in [0.3, 0.4) is 0 Å². The van der Waals surface area contributed by atoms with Crippen molar-refractivity contribution in [1.82, 2.24) is 5.32 Å². The predicted molar refractivity (Wildman–Crippen MR) is 121 cm³/mol. The molecule has 27 heavy (non-hydrogen) atoms. The fourth-order valence-electron chi connectivity index (χ4n) is 3.98. The molecule has 0 aliphatic carbocycles. The number of nitrogens with two attached hydrogens (primary N) is 1. The van der Waals surface area contributed by atoms with Crippen LogP contribution < -0.4 is 20.7 Å². The van der Waals surface area contributed by atoms with E-state index in [-0.39, 0.29) is 30.0 Å². The Morgan fingerprint density at radius 2 is 2.00 bits per heavy atom. The molecule has 0 bridgehead atoms. The van der Waals surface area contributed by atoms with E-state index in [0.717, 1.165) is 37.2 Å². The summed E-state index contributed by atoms with van der Waals surface area (Å²) in [7, 11) is 2.15. The van der Waals surface area contributed by atoms with Gasteiger partial charge in [0.15, 0.2) is 5.96 Å². The van der Waals surface area contributed by atoms with Crippen molar-refractivity contribution in [2.45, 2.75) is 18.9 Å². The first kappa shape index (κ1) is 19.8. The van der Waals surface area contributed by atoms with E-state index in [0.29, 0.717) is 18.5 Å². The molecule has 2 aliphatic rings. The maximum absolute atomic E-state index is 6.19. The van der Waals surface area contributed by atoms with E-state index < -0.39 is 0 Å². The zero-order chi connectivity index (χ0) is 17.9. The molecule has 0 spiro atoms. The van der Waals surface area contributed by atoms with E-state index in [1.54, 1.807) is 0 Å². The molecule has 0 radical (unpaired) electrons. The van der Waals surface area contributed by atoms with Gasteiger partial charge in [0.05, 0.1) is 12.6 Å². The zero-order valence-corrected chi connectivity index (χ0v) is 17.9. The van der Waals surface area contributed by atoms with Crippen LogP contribution >= 0.6 is 24.0 Å². The smallest absolute Gasteiger partial charge is 0.189 e. The summed E-state index contributed by atoms with van der Waals surface area (Å²) in [5.41, 5.74) is 10.1. The van der Waals surface area contributed by atoms with Crippen LogP contribution in [-0.4, -0.2) is 32.7 Å².